The number of hydrogen-bond acceptors (Lipinski definition) is 1. The summed E-state index contributed by atoms with van der Waals surface area (Å²) in [5.74, 6) is -2.37. The quantitative estimate of drug-likeness (QED) is 0.722. The Morgan fingerprint density at radius 2 is 1.92 bits per heavy atom. The Balaban J connectivity index is 2.86. The second-order valence-corrected chi connectivity index (χ2v) is 4.76. The molecule has 0 aromatic heterocycles. The number of alkyl halides is 2. The average Bonchev–Trinajstić information content (AvgIpc) is 1.94. The van der Waals surface area contributed by atoms with Crippen LogP contribution in [0.25, 0.3) is 0 Å². The van der Waals surface area contributed by atoms with Gasteiger partial charge in [0.05, 0.1) is 0 Å². The number of hydrogen-bond donors (Lipinski definition) is 0. The highest BCUT2D eigenvalue weighted by atomic mass is 79.9. The van der Waals surface area contributed by atoms with Gasteiger partial charge in [0.2, 0.25) is 0 Å². The van der Waals surface area contributed by atoms with Crippen molar-refractivity contribution in [3.63, 3.8) is 0 Å². The van der Waals surface area contributed by atoms with Crippen molar-refractivity contribution in [1.82, 2.24) is 0 Å². The molecule has 0 nitrogen and oxygen atoms in total. The number of benzene rings is 1. The lowest BCUT2D eigenvalue weighted by molar-refractivity contribution is 0.252. The van der Waals surface area contributed by atoms with Crippen molar-refractivity contribution in [3.8, 4) is 0 Å². The van der Waals surface area contributed by atoms with Gasteiger partial charge in [0.1, 0.15) is 0 Å². The molecule has 0 radical (unpaired) electrons. The summed E-state index contributed by atoms with van der Waals surface area (Å²) in [7, 11) is 0. The fourth-order valence-corrected chi connectivity index (χ4v) is 2.50. The highest BCUT2D eigenvalue weighted by Gasteiger charge is 2.08. The van der Waals surface area contributed by atoms with Crippen LogP contribution in [0.3, 0.4) is 0 Å². The third kappa shape index (κ3) is 3.03. The fraction of sp³-hybridized carbons (Fsp3) is 0.143. The highest BCUT2D eigenvalue weighted by Crippen LogP contribution is 2.33. The summed E-state index contributed by atoms with van der Waals surface area (Å²) in [5.41, 5.74) is 0. The van der Waals surface area contributed by atoms with Crippen molar-refractivity contribution < 1.29 is 8.78 Å². The topological polar surface area (TPSA) is 0 Å². The first-order valence-corrected chi connectivity index (χ1v) is 5.46. The maximum Gasteiger partial charge on any atom is 0.288 e. The van der Waals surface area contributed by atoms with E-state index in [0.29, 0.717) is 21.1 Å². The molecule has 1 aromatic carbocycles. The number of rotatable bonds is 2. The van der Waals surface area contributed by atoms with Gasteiger partial charge in [0.15, 0.2) is 0 Å². The molecule has 0 aliphatic rings. The number of halogens is 4. The summed E-state index contributed by atoms with van der Waals surface area (Å²) in [6.07, 6.45) is 0. The van der Waals surface area contributed by atoms with Crippen molar-refractivity contribution in [1.29, 1.82) is 0 Å². The summed E-state index contributed by atoms with van der Waals surface area (Å²) in [4.78, 5) is 0.549. The summed E-state index contributed by atoms with van der Waals surface area (Å²) < 4.78 is 25.4. The molecule has 0 unspecified atom stereocenters. The van der Waals surface area contributed by atoms with E-state index in [-0.39, 0.29) is 0 Å². The summed E-state index contributed by atoms with van der Waals surface area (Å²) in [5, 5.41) is 0. The van der Waals surface area contributed by atoms with Gasteiger partial charge in [0, 0.05) is 13.8 Å². The third-order valence-electron chi connectivity index (χ3n) is 1.11. The van der Waals surface area contributed by atoms with Crippen LogP contribution in [0.5, 0.6) is 0 Å². The van der Waals surface area contributed by atoms with E-state index in [2.05, 4.69) is 31.9 Å². The van der Waals surface area contributed by atoms with Gasteiger partial charge in [-0.25, -0.2) is 0 Å². The molecule has 0 fully saturated rings. The lowest BCUT2D eigenvalue weighted by Gasteiger charge is -2.02. The lowest BCUT2D eigenvalue weighted by Crippen LogP contribution is -1.82. The van der Waals surface area contributed by atoms with Gasteiger partial charge >= 0.3 is 0 Å². The van der Waals surface area contributed by atoms with Crippen LogP contribution in [-0.2, 0) is 0 Å². The first kappa shape index (κ1) is 10.5. The second kappa shape index (κ2) is 4.58. The molecule has 1 aromatic rings. The monoisotopic (exact) mass is 316 g/mol. The molecule has 0 aliphatic heterocycles. The lowest BCUT2D eigenvalue weighted by atomic mass is 10.4. The molecular formula is C7H4Br2F2S. The van der Waals surface area contributed by atoms with Crippen LogP contribution in [0, 0.1) is 0 Å². The minimum atomic E-state index is -2.37. The maximum absolute atomic E-state index is 11.9. The van der Waals surface area contributed by atoms with Crippen molar-refractivity contribution in [3.05, 3.63) is 27.1 Å². The Morgan fingerprint density at radius 1 is 1.25 bits per heavy atom. The average molecular weight is 318 g/mol. The van der Waals surface area contributed by atoms with E-state index in [4.69, 9.17) is 0 Å². The van der Waals surface area contributed by atoms with Gasteiger partial charge in [-0.2, -0.15) is 8.78 Å². The molecular weight excluding hydrogens is 314 g/mol. The molecule has 1 rings (SSSR count). The molecule has 66 valence electrons. The summed E-state index contributed by atoms with van der Waals surface area (Å²) in [6, 6.07) is 5.12. The third-order valence-corrected chi connectivity index (χ3v) is 3.31. The van der Waals surface area contributed by atoms with Gasteiger partial charge in [-0.15, -0.1) is 0 Å². The Kier molecular flexibility index (Phi) is 3.99. The predicted octanol–water partition coefficient (Wildman–Crippen LogP) is 4.53. The zero-order chi connectivity index (χ0) is 9.14. The molecule has 0 aliphatic carbocycles. The van der Waals surface area contributed by atoms with Crippen molar-refractivity contribution in [2.24, 2.45) is 0 Å². The van der Waals surface area contributed by atoms with Crippen molar-refractivity contribution in [2.45, 2.75) is 10.7 Å². The second-order valence-electron chi connectivity index (χ2n) is 1.95. The minimum absolute atomic E-state index is 0.533. The zero-order valence-electron chi connectivity index (χ0n) is 5.73. The normalized spacial score (nSPS) is 10.8. The van der Waals surface area contributed by atoms with E-state index < -0.39 is 5.76 Å². The van der Waals surface area contributed by atoms with E-state index in [1.54, 1.807) is 18.2 Å². The molecule has 0 saturated heterocycles. The molecule has 0 atom stereocenters. The molecule has 12 heavy (non-hydrogen) atoms. The standard InChI is InChI=1S/C7H4Br2F2S/c8-4-1-2-6(5(9)3-4)12-7(10)11/h1-3,7H. The Morgan fingerprint density at radius 3 is 2.42 bits per heavy atom. The Bertz CT molecular complexity index is 278. The van der Waals surface area contributed by atoms with Crippen molar-refractivity contribution in [2.75, 3.05) is 0 Å². The molecule has 0 heterocycles. The van der Waals surface area contributed by atoms with Crippen LogP contribution >= 0.6 is 43.6 Å². The molecule has 0 amide bonds. The van der Waals surface area contributed by atoms with Crippen LogP contribution in [0.2, 0.25) is 0 Å². The van der Waals surface area contributed by atoms with E-state index in [0.717, 1.165) is 4.47 Å². The van der Waals surface area contributed by atoms with Gasteiger partial charge in [-0.1, -0.05) is 27.7 Å². The van der Waals surface area contributed by atoms with Gasteiger partial charge in [-0.3, -0.25) is 0 Å². The van der Waals surface area contributed by atoms with Gasteiger partial charge < -0.3 is 0 Å². The molecule has 0 saturated carbocycles. The van der Waals surface area contributed by atoms with Crippen LogP contribution in [0.15, 0.2) is 32.0 Å². The zero-order valence-corrected chi connectivity index (χ0v) is 9.72. The Labute approximate surface area is 90.0 Å². The molecule has 0 N–H and O–H groups in total. The van der Waals surface area contributed by atoms with Crippen LogP contribution in [0.4, 0.5) is 8.78 Å². The summed E-state index contributed by atoms with van der Waals surface area (Å²) in [6.45, 7) is 0. The minimum Gasteiger partial charge on any atom is -0.198 e. The maximum atomic E-state index is 11.9. The van der Waals surface area contributed by atoms with Gasteiger partial charge in [-0.05, 0) is 34.1 Å². The van der Waals surface area contributed by atoms with E-state index in [9.17, 15) is 8.78 Å². The van der Waals surface area contributed by atoms with E-state index >= 15 is 0 Å². The molecule has 0 bridgehead atoms. The highest BCUT2D eigenvalue weighted by molar-refractivity contribution is 9.11. The van der Waals surface area contributed by atoms with Crippen LogP contribution in [0.1, 0.15) is 0 Å². The SMILES string of the molecule is FC(F)Sc1ccc(Br)cc1Br. The van der Waals surface area contributed by atoms with Crippen LogP contribution < -0.4 is 0 Å². The van der Waals surface area contributed by atoms with E-state index in [1.807, 2.05) is 0 Å². The summed E-state index contributed by atoms with van der Waals surface area (Å²) >= 11 is 6.96. The van der Waals surface area contributed by atoms with Gasteiger partial charge in [0.25, 0.3) is 5.76 Å². The smallest absolute Gasteiger partial charge is 0.198 e. The van der Waals surface area contributed by atoms with Crippen molar-refractivity contribution >= 4 is 43.6 Å². The van der Waals surface area contributed by atoms with Crippen LogP contribution in [-0.4, -0.2) is 5.76 Å². The molecule has 5 heteroatoms. The predicted molar refractivity (Wildman–Crippen MR) is 53.7 cm³/mol. The first-order valence-electron chi connectivity index (χ1n) is 2.99. The largest absolute Gasteiger partial charge is 0.288 e. The fourth-order valence-electron chi connectivity index (χ4n) is 0.667. The number of thioether (sulfide) groups is 1. The first-order chi connectivity index (χ1) is 5.59. The van der Waals surface area contributed by atoms with E-state index in [1.165, 1.54) is 0 Å². The Hall–Kier alpha value is 0.390. The molecule has 0 spiro atoms.